The van der Waals surface area contributed by atoms with E-state index in [-0.39, 0.29) is 31.6 Å². The van der Waals surface area contributed by atoms with Crippen molar-refractivity contribution >= 4 is 53.1 Å². The molecule has 11 heteroatoms. The molecule has 1 aromatic rings. The molecule has 0 unspecified atom stereocenters. The third-order valence-electron chi connectivity index (χ3n) is 2.30. The molecule has 0 radical (unpaired) electrons. The van der Waals surface area contributed by atoms with E-state index >= 15 is 0 Å². The highest BCUT2D eigenvalue weighted by Crippen LogP contribution is 2.31. The van der Waals surface area contributed by atoms with E-state index in [1.165, 1.54) is 6.92 Å². The minimum absolute atomic E-state index is 0.0694. The normalized spacial score (nSPS) is 12.5. The van der Waals surface area contributed by atoms with E-state index in [0.717, 1.165) is 17.4 Å². The predicted molar refractivity (Wildman–Crippen MR) is 78.5 cm³/mol. The molecule has 20 heavy (non-hydrogen) atoms. The van der Waals surface area contributed by atoms with E-state index < -0.39 is 25.8 Å². The maximum absolute atomic E-state index is 11.9. The van der Waals surface area contributed by atoms with Crippen LogP contribution in [0, 0.1) is 0 Å². The molecule has 0 aromatic carbocycles. The Kier molecular flexibility index (Phi) is 5.72. The van der Waals surface area contributed by atoms with Gasteiger partial charge in [-0.2, -0.15) is 0 Å². The van der Waals surface area contributed by atoms with Crippen molar-refractivity contribution < 1.29 is 26.7 Å². The molecule has 0 saturated carbocycles. The lowest BCUT2D eigenvalue weighted by Gasteiger charge is -2.05. The van der Waals surface area contributed by atoms with E-state index in [2.05, 4.69) is 20.7 Å². The number of carbonyl (C=O) groups is 1. The van der Waals surface area contributed by atoms with Gasteiger partial charge in [-0.1, -0.05) is 6.92 Å². The number of aromatic carboxylic acids is 1. The summed E-state index contributed by atoms with van der Waals surface area (Å²) in [6, 6.07) is 1.02. The predicted octanol–water partition coefficient (Wildman–Crippen LogP) is 0.922. The number of hydrogen-bond acceptors (Lipinski definition) is 6. The van der Waals surface area contributed by atoms with E-state index in [1.54, 1.807) is 0 Å². The number of halogens is 1. The second-order valence-electron chi connectivity index (χ2n) is 3.69. The molecule has 0 bridgehead atoms. The molecule has 1 aromatic heterocycles. The molecule has 114 valence electrons. The van der Waals surface area contributed by atoms with E-state index in [0.29, 0.717) is 0 Å². The van der Waals surface area contributed by atoms with E-state index in [1.807, 2.05) is 0 Å². The Labute approximate surface area is 129 Å². The average Bonchev–Trinajstić information content (AvgIpc) is 2.72. The number of hydrogen-bond donors (Lipinski definition) is 2. The first-order valence-corrected chi connectivity index (χ1v) is 10.2. The van der Waals surface area contributed by atoms with Crippen molar-refractivity contribution in [1.82, 2.24) is 4.72 Å². The SMILES string of the molecule is CCS(=O)(=O)CCNS(=O)(=O)c1cc(C(=O)O)sc1Br. The summed E-state index contributed by atoms with van der Waals surface area (Å²) in [5.41, 5.74) is 0. The van der Waals surface area contributed by atoms with Gasteiger partial charge in [0.05, 0.1) is 9.54 Å². The average molecular weight is 406 g/mol. The second kappa shape index (κ2) is 6.52. The van der Waals surface area contributed by atoms with Gasteiger partial charge in [0.1, 0.15) is 9.77 Å². The third-order valence-corrected chi connectivity index (χ3v) is 7.71. The van der Waals surface area contributed by atoms with Crippen LogP contribution >= 0.6 is 27.3 Å². The summed E-state index contributed by atoms with van der Waals surface area (Å²) in [7, 11) is -7.22. The molecular weight excluding hydrogens is 394 g/mol. The lowest BCUT2D eigenvalue weighted by Crippen LogP contribution is -2.29. The molecule has 0 spiro atoms. The summed E-state index contributed by atoms with van der Waals surface area (Å²) in [6.07, 6.45) is 0. The van der Waals surface area contributed by atoms with Crippen LogP contribution in [0.5, 0.6) is 0 Å². The van der Waals surface area contributed by atoms with Crippen molar-refractivity contribution in [3.63, 3.8) is 0 Å². The fourth-order valence-electron chi connectivity index (χ4n) is 1.19. The quantitative estimate of drug-likeness (QED) is 0.696. The van der Waals surface area contributed by atoms with E-state index in [4.69, 9.17) is 5.11 Å². The van der Waals surface area contributed by atoms with Gasteiger partial charge in [0, 0.05) is 12.3 Å². The number of nitrogens with one attached hydrogen (secondary N) is 1. The Hall–Kier alpha value is -0.490. The van der Waals surface area contributed by atoms with Gasteiger partial charge in [0.2, 0.25) is 10.0 Å². The Morgan fingerprint density at radius 3 is 2.45 bits per heavy atom. The molecule has 7 nitrogen and oxygen atoms in total. The van der Waals surface area contributed by atoms with Gasteiger partial charge in [-0.05, 0) is 22.0 Å². The zero-order chi connectivity index (χ0) is 15.6. The molecule has 0 atom stereocenters. The number of rotatable bonds is 7. The largest absolute Gasteiger partial charge is 0.477 e. The van der Waals surface area contributed by atoms with Gasteiger partial charge in [0.25, 0.3) is 0 Å². The number of carboxylic acids is 1. The Morgan fingerprint density at radius 2 is 2.00 bits per heavy atom. The minimum atomic E-state index is -3.95. The monoisotopic (exact) mass is 405 g/mol. The van der Waals surface area contributed by atoms with Gasteiger partial charge in [-0.25, -0.2) is 26.4 Å². The molecule has 1 heterocycles. The van der Waals surface area contributed by atoms with Gasteiger partial charge < -0.3 is 5.11 Å². The molecule has 1 rings (SSSR count). The van der Waals surface area contributed by atoms with Crippen LogP contribution in [0.25, 0.3) is 0 Å². The van der Waals surface area contributed by atoms with Crippen LogP contribution in [0.2, 0.25) is 0 Å². The fraction of sp³-hybridized carbons (Fsp3) is 0.444. The summed E-state index contributed by atoms with van der Waals surface area (Å²) in [4.78, 5) is 10.4. The lowest BCUT2D eigenvalue weighted by atomic mass is 10.5. The van der Waals surface area contributed by atoms with Crippen molar-refractivity contribution in [2.45, 2.75) is 11.8 Å². The van der Waals surface area contributed by atoms with Gasteiger partial charge in [-0.3, -0.25) is 0 Å². The van der Waals surface area contributed by atoms with Gasteiger partial charge >= 0.3 is 5.97 Å². The smallest absolute Gasteiger partial charge is 0.345 e. The van der Waals surface area contributed by atoms with Crippen LogP contribution in [0.15, 0.2) is 14.7 Å². The molecular formula is C9H12BrNO6S3. The van der Waals surface area contributed by atoms with Crippen molar-refractivity contribution in [3.8, 4) is 0 Å². The fourth-order valence-corrected chi connectivity index (χ4v) is 5.46. The zero-order valence-corrected chi connectivity index (χ0v) is 14.3. The third kappa shape index (κ3) is 4.52. The summed E-state index contributed by atoms with van der Waals surface area (Å²) >= 11 is 3.76. The molecule has 2 N–H and O–H groups in total. The molecule has 0 aliphatic heterocycles. The molecule has 0 aliphatic carbocycles. The van der Waals surface area contributed by atoms with Gasteiger partial charge in [-0.15, -0.1) is 11.3 Å². The van der Waals surface area contributed by atoms with Crippen molar-refractivity contribution in [2.24, 2.45) is 0 Å². The maximum atomic E-state index is 11.9. The summed E-state index contributed by atoms with van der Waals surface area (Å²) in [5.74, 6) is -1.61. The standard InChI is InChI=1S/C9H12BrNO6S3/c1-2-19(14,15)4-3-11-20(16,17)7-5-6(9(12)13)18-8(7)10/h5,11H,2-4H2,1H3,(H,12,13). The summed E-state index contributed by atoms with van der Waals surface area (Å²) in [6.45, 7) is 1.21. The van der Waals surface area contributed by atoms with Crippen molar-refractivity contribution in [1.29, 1.82) is 0 Å². The topological polar surface area (TPSA) is 118 Å². The Morgan fingerprint density at radius 1 is 1.40 bits per heavy atom. The molecule has 0 aliphatic rings. The van der Waals surface area contributed by atoms with Crippen LogP contribution in [-0.2, 0) is 19.9 Å². The van der Waals surface area contributed by atoms with Crippen LogP contribution in [0.3, 0.4) is 0 Å². The number of carboxylic acid groups (broad SMARTS) is 1. The molecule has 0 fully saturated rings. The minimum Gasteiger partial charge on any atom is -0.477 e. The molecule has 0 amide bonds. The number of thiophene rings is 1. The van der Waals surface area contributed by atoms with Crippen LogP contribution in [0.4, 0.5) is 0 Å². The Bertz CT molecular complexity index is 706. The van der Waals surface area contributed by atoms with Crippen molar-refractivity contribution in [2.75, 3.05) is 18.1 Å². The second-order valence-corrected chi connectivity index (χ2v) is 10.3. The van der Waals surface area contributed by atoms with Gasteiger partial charge in [0.15, 0.2) is 9.84 Å². The molecule has 0 saturated heterocycles. The first-order chi connectivity index (χ1) is 9.09. The first-order valence-electron chi connectivity index (χ1n) is 5.32. The van der Waals surface area contributed by atoms with Crippen LogP contribution in [-0.4, -0.2) is 46.0 Å². The summed E-state index contributed by atoms with van der Waals surface area (Å²) in [5, 5.41) is 8.80. The number of sulfonamides is 1. The Balaban J connectivity index is 2.87. The van der Waals surface area contributed by atoms with Crippen LogP contribution in [0.1, 0.15) is 16.6 Å². The highest BCUT2D eigenvalue weighted by molar-refractivity contribution is 9.11. The highest BCUT2D eigenvalue weighted by Gasteiger charge is 2.23. The van der Waals surface area contributed by atoms with Crippen LogP contribution < -0.4 is 4.72 Å². The number of sulfone groups is 1. The summed E-state index contributed by atoms with van der Waals surface area (Å²) < 4.78 is 48.7. The maximum Gasteiger partial charge on any atom is 0.345 e. The van der Waals surface area contributed by atoms with E-state index in [9.17, 15) is 21.6 Å². The highest BCUT2D eigenvalue weighted by atomic mass is 79.9. The first kappa shape index (κ1) is 17.6. The lowest BCUT2D eigenvalue weighted by molar-refractivity contribution is 0.0702. The zero-order valence-electron chi connectivity index (χ0n) is 10.3. The van der Waals surface area contributed by atoms with Crippen molar-refractivity contribution in [3.05, 3.63) is 14.7 Å².